The number of hydrogen-bond donors (Lipinski definition) is 1. The average molecular weight is 190 g/mol. The van der Waals surface area contributed by atoms with Crippen LogP contribution in [-0.4, -0.2) is 6.61 Å². The lowest BCUT2D eigenvalue weighted by Crippen LogP contribution is -1.95. The summed E-state index contributed by atoms with van der Waals surface area (Å²) in [5.41, 5.74) is 7.41. The minimum atomic E-state index is 0.557. The molecule has 3 heteroatoms. The van der Waals surface area contributed by atoms with E-state index in [1.165, 1.54) is 0 Å². The fourth-order valence-electron chi connectivity index (χ4n) is 1.06. The van der Waals surface area contributed by atoms with Gasteiger partial charge in [-0.25, -0.2) is 0 Å². The van der Waals surface area contributed by atoms with Gasteiger partial charge in [0.25, 0.3) is 0 Å². The molecule has 1 aromatic carbocycles. The van der Waals surface area contributed by atoms with Crippen molar-refractivity contribution in [3.8, 4) is 6.07 Å². The quantitative estimate of drug-likeness (QED) is 0.571. The van der Waals surface area contributed by atoms with Gasteiger partial charge in [0.05, 0.1) is 12.7 Å². The predicted octanol–water partition coefficient (Wildman–Crippen LogP) is 2.09. The molecule has 0 unspecified atom stereocenters. The van der Waals surface area contributed by atoms with E-state index >= 15 is 0 Å². The van der Waals surface area contributed by atoms with E-state index in [0.29, 0.717) is 19.6 Å². The van der Waals surface area contributed by atoms with Gasteiger partial charge in [0, 0.05) is 18.7 Å². The van der Waals surface area contributed by atoms with Crippen molar-refractivity contribution < 1.29 is 4.74 Å². The summed E-state index contributed by atoms with van der Waals surface area (Å²) in [5.74, 6) is 0. The summed E-state index contributed by atoms with van der Waals surface area (Å²) < 4.78 is 5.37. The molecule has 0 aliphatic heterocycles. The van der Waals surface area contributed by atoms with Gasteiger partial charge in [0.1, 0.15) is 0 Å². The van der Waals surface area contributed by atoms with Crippen LogP contribution in [0.25, 0.3) is 0 Å². The van der Waals surface area contributed by atoms with Crippen molar-refractivity contribution in [1.82, 2.24) is 0 Å². The molecule has 74 valence electrons. The van der Waals surface area contributed by atoms with Crippen molar-refractivity contribution in [1.29, 1.82) is 5.26 Å². The largest absolute Gasteiger partial charge is 0.399 e. The topological polar surface area (TPSA) is 59.0 Å². The Morgan fingerprint density at radius 1 is 1.29 bits per heavy atom. The van der Waals surface area contributed by atoms with Crippen molar-refractivity contribution in [3.05, 3.63) is 29.8 Å². The zero-order valence-corrected chi connectivity index (χ0v) is 8.07. The molecule has 0 aliphatic rings. The normalized spacial score (nSPS) is 9.64. The van der Waals surface area contributed by atoms with Gasteiger partial charge in [-0.2, -0.15) is 5.26 Å². The van der Waals surface area contributed by atoms with Gasteiger partial charge >= 0.3 is 0 Å². The molecular weight excluding hydrogens is 176 g/mol. The Hall–Kier alpha value is -1.53. The molecule has 0 heterocycles. The van der Waals surface area contributed by atoms with Gasteiger partial charge < -0.3 is 10.5 Å². The Balaban J connectivity index is 2.19. The van der Waals surface area contributed by atoms with Gasteiger partial charge in [0.2, 0.25) is 0 Å². The van der Waals surface area contributed by atoms with Crippen molar-refractivity contribution in [2.24, 2.45) is 0 Å². The number of ether oxygens (including phenoxy) is 1. The molecule has 0 fully saturated rings. The Morgan fingerprint density at radius 2 is 2.00 bits per heavy atom. The summed E-state index contributed by atoms with van der Waals surface area (Å²) in [6, 6.07) is 9.68. The van der Waals surface area contributed by atoms with Crippen LogP contribution >= 0.6 is 0 Å². The highest BCUT2D eigenvalue weighted by Gasteiger charge is 1.92. The summed E-state index contributed by atoms with van der Waals surface area (Å²) >= 11 is 0. The summed E-state index contributed by atoms with van der Waals surface area (Å²) in [4.78, 5) is 0. The number of nitrogens with zero attached hydrogens (tertiary/aromatic N) is 1. The van der Waals surface area contributed by atoms with Crippen molar-refractivity contribution >= 4 is 5.69 Å². The third-order valence-electron chi connectivity index (χ3n) is 1.83. The Morgan fingerprint density at radius 3 is 2.64 bits per heavy atom. The maximum Gasteiger partial charge on any atom is 0.0716 e. The van der Waals surface area contributed by atoms with Crippen LogP contribution in [0.15, 0.2) is 24.3 Å². The first-order valence-electron chi connectivity index (χ1n) is 4.62. The summed E-state index contributed by atoms with van der Waals surface area (Å²) in [5, 5.41) is 8.29. The second-order valence-electron chi connectivity index (χ2n) is 3.06. The third kappa shape index (κ3) is 3.92. The predicted molar refractivity (Wildman–Crippen MR) is 55.4 cm³/mol. The molecular formula is C11H14N2O. The van der Waals surface area contributed by atoms with Gasteiger partial charge in [-0.15, -0.1) is 0 Å². The molecule has 0 aliphatic carbocycles. The monoisotopic (exact) mass is 190 g/mol. The number of rotatable bonds is 5. The number of nitrogens with two attached hydrogens (primary N) is 1. The molecule has 0 atom stereocenters. The molecule has 0 aromatic heterocycles. The second-order valence-corrected chi connectivity index (χ2v) is 3.06. The summed E-state index contributed by atoms with van der Waals surface area (Å²) in [7, 11) is 0. The fourth-order valence-corrected chi connectivity index (χ4v) is 1.06. The van der Waals surface area contributed by atoms with E-state index in [9.17, 15) is 0 Å². The van der Waals surface area contributed by atoms with Crippen LogP contribution in [0.3, 0.4) is 0 Å². The molecule has 0 saturated carbocycles. The first kappa shape index (κ1) is 10.6. The van der Waals surface area contributed by atoms with Crippen LogP contribution in [0.2, 0.25) is 0 Å². The molecule has 0 radical (unpaired) electrons. The van der Waals surface area contributed by atoms with Crippen LogP contribution < -0.4 is 5.73 Å². The van der Waals surface area contributed by atoms with Crippen LogP contribution in [0, 0.1) is 11.3 Å². The number of nitrogen functional groups attached to an aromatic ring is 1. The smallest absolute Gasteiger partial charge is 0.0716 e. The highest BCUT2D eigenvalue weighted by molar-refractivity contribution is 5.39. The number of unbranched alkanes of at least 4 members (excludes halogenated alkanes) is 1. The molecule has 1 rings (SSSR count). The number of benzene rings is 1. The van der Waals surface area contributed by atoms with E-state index < -0.39 is 0 Å². The zero-order chi connectivity index (χ0) is 10.2. The maximum absolute atomic E-state index is 8.29. The van der Waals surface area contributed by atoms with Crippen molar-refractivity contribution in [2.75, 3.05) is 12.3 Å². The van der Waals surface area contributed by atoms with E-state index in [1.54, 1.807) is 0 Å². The third-order valence-corrected chi connectivity index (χ3v) is 1.83. The molecule has 0 bridgehead atoms. The van der Waals surface area contributed by atoms with Crippen molar-refractivity contribution in [2.45, 2.75) is 19.4 Å². The lowest BCUT2D eigenvalue weighted by molar-refractivity contribution is 0.119. The van der Waals surface area contributed by atoms with Gasteiger partial charge in [0.15, 0.2) is 0 Å². The lowest BCUT2D eigenvalue weighted by atomic mass is 10.2. The molecule has 0 saturated heterocycles. The molecule has 1 aromatic rings. The minimum absolute atomic E-state index is 0.557. The lowest BCUT2D eigenvalue weighted by Gasteiger charge is -2.02. The van der Waals surface area contributed by atoms with E-state index in [4.69, 9.17) is 15.7 Å². The van der Waals surface area contributed by atoms with E-state index in [1.807, 2.05) is 24.3 Å². The summed E-state index contributed by atoms with van der Waals surface area (Å²) in [6.45, 7) is 1.23. The first-order chi connectivity index (χ1) is 6.83. The van der Waals surface area contributed by atoms with Crippen LogP contribution in [0.4, 0.5) is 5.69 Å². The highest BCUT2D eigenvalue weighted by atomic mass is 16.5. The Kier molecular flexibility index (Phi) is 4.53. The van der Waals surface area contributed by atoms with Gasteiger partial charge in [-0.1, -0.05) is 12.1 Å². The van der Waals surface area contributed by atoms with Crippen molar-refractivity contribution in [3.63, 3.8) is 0 Å². The first-order valence-corrected chi connectivity index (χ1v) is 4.62. The molecule has 2 N–H and O–H groups in total. The maximum atomic E-state index is 8.29. The molecule has 0 spiro atoms. The zero-order valence-electron chi connectivity index (χ0n) is 8.07. The molecule has 0 amide bonds. The standard InChI is InChI=1S/C11H14N2O/c12-7-1-2-8-14-9-10-3-5-11(13)6-4-10/h3-6H,1-2,8-9,13H2. The van der Waals surface area contributed by atoms with Crippen LogP contribution in [-0.2, 0) is 11.3 Å². The van der Waals surface area contributed by atoms with E-state index in [2.05, 4.69) is 6.07 Å². The van der Waals surface area contributed by atoms with Gasteiger partial charge in [-0.05, 0) is 24.1 Å². The highest BCUT2D eigenvalue weighted by Crippen LogP contribution is 2.06. The Bertz CT molecular complexity index is 300. The minimum Gasteiger partial charge on any atom is -0.399 e. The number of hydrogen-bond acceptors (Lipinski definition) is 3. The molecule has 14 heavy (non-hydrogen) atoms. The van der Waals surface area contributed by atoms with E-state index in [0.717, 1.165) is 17.7 Å². The van der Waals surface area contributed by atoms with Crippen LogP contribution in [0.1, 0.15) is 18.4 Å². The Labute approximate surface area is 84.1 Å². The molecule has 3 nitrogen and oxygen atoms in total. The summed E-state index contributed by atoms with van der Waals surface area (Å²) in [6.07, 6.45) is 1.35. The fraction of sp³-hybridized carbons (Fsp3) is 0.364. The van der Waals surface area contributed by atoms with Crippen LogP contribution in [0.5, 0.6) is 0 Å². The van der Waals surface area contributed by atoms with Gasteiger partial charge in [-0.3, -0.25) is 0 Å². The number of nitriles is 1. The average Bonchev–Trinajstić information content (AvgIpc) is 2.21. The second kappa shape index (κ2) is 6.01. The SMILES string of the molecule is N#CCCCOCc1ccc(N)cc1. The number of anilines is 1. The van der Waals surface area contributed by atoms with E-state index in [-0.39, 0.29) is 0 Å².